The summed E-state index contributed by atoms with van der Waals surface area (Å²) >= 11 is 0. The predicted octanol–water partition coefficient (Wildman–Crippen LogP) is 11.3. The van der Waals surface area contributed by atoms with Crippen molar-refractivity contribution >= 4 is 32.7 Å². The zero-order valence-corrected chi connectivity index (χ0v) is 26.1. The van der Waals surface area contributed by atoms with Gasteiger partial charge in [0, 0.05) is 27.3 Å². The molecule has 1 aliphatic heterocycles. The molecule has 2 heteroatoms. The van der Waals surface area contributed by atoms with E-state index in [-0.39, 0.29) is 0 Å². The van der Waals surface area contributed by atoms with E-state index in [0.29, 0.717) is 0 Å². The molecule has 1 atom stereocenters. The van der Waals surface area contributed by atoms with E-state index < -0.39 is 5.41 Å². The largest absolute Gasteiger partial charge is 0.309 e. The summed E-state index contributed by atoms with van der Waals surface area (Å²) in [7, 11) is 0. The molecule has 2 aromatic heterocycles. The summed E-state index contributed by atoms with van der Waals surface area (Å²) in [6.07, 6.45) is 0. The van der Waals surface area contributed by atoms with E-state index >= 15 is 0 Å². The Morgan fingerprint density at radius 2 is 1.15 bits per heavy atom. The van der Waals surface area contributed by atoms with Gasteiger partial charge in [-0.3, -0.25) is 0 Å². The summed E-state index contributed by atoms with van der Waals surface area (Å²) in [4.78, 5) is 5.33. The Morgan fingerprint density at radius 1 is 0.438 bits per heavy atom. The second-order valence-corrected chi connectivity index (χ2v) is 13.1. The highest BCUT2D eigenvalue weighted by Gasteiger charge is 2.50. The molecule has 1 aliphatic carbocycles. The van der Waals surface area contributed by atoms with E-state index in [2.05, 4.69) is 174 Å². The van der Waals surface area contributed by atoms with Gasteiger partial charge in [0.2, 0.25) is 0 Å². The molecule has 0 saturated carbocycles. The molecule has 2 nitrogen and oxygen atoms in total. The molecule has 1 spiro atoms. The van der Waals surface area contributed by atoms with E-state index in [9.17, 15) is 0 Å². The predicted molar refractivity (Wildman–Crippen MR) is 198 cm³/mol. The first-order valence-electron chi connectivity index (χ1n) is 16.6. The van der Waals surface area contributed by atoms with Crippen LogP contribution in [0.4, 0.5) is 0 Å². The van der Waals surface area contributed by atoms with Crippen molar-refractivity contribution in [3.8, 4) is 39.2 Å². The summed E-state index contributed by atoms with van der Waals surface area (Å²) in [5.41, 5.74) is 16.7. The summed E-state index contributed by atoms with van der Waals surface area (Å²) in [6, 6.07) is 62.3. The van der Waals surface area contributed by atoms with Crippen LogP contribution in [-0.2, 0) is 5.41 Å². The SMILES string of the molecule is c1ccc(-c2cccc3ccc(-c4ccc5c(c4)-c4ccccc4C54c5ccccc5-n5c6ccccc6c6cccc4c65)nc23)cc1. The lowest BCUT2D eigenvalue weighted by Gasteiger charge is -2.39. The minimum atomic E-state index is -0.442. The zero-order chi connectivity index (χ0) is 31.4. The van der Waals surface area contributed by atoms with E-state index in [1.165, 1.54) is 66.4 Å². The van der Waals surface area contributed by atoms with E-state index in [0.717, 1.165) is 27.7 Å². The van der Waals surface area contributed by atoms with E-state index in [1.54, 1.807) is 0 Å². The van der Waals surface area contributed by atoms with Crippen molar-refractivity contribution in [1.82, 2.24) is 9.55 Å². The molecule has 0 amide bonds. The Balaban J connectivity index is 1.20. The van der Waals surface area contributed by atoms with Crippen molar-refractivity contribution in [3.63, 3.8) is 0 Å². The molecule has 9 aromatic rings. The molecule has 7 aromatic carbocycles. The standard InChI is InChI=1S/C46H28N2/c1-2-12-29(13-3-1)32-17-10-14-30-25-27-41(47-44(30)32)31-24-26-38-36(28-31)33-15-4-6-19-37(33)46(38)39-20-7-9-23-43(39)48-42-22-8-5-16-34(42)35-18-11-21-40(46)45(35)48/h1-28H. The fraction of sp³-hybridized carbons (Fsp3) is 0.0217. The summed E-state index contributed by atoms with van der Waals surface area (Å²) in [5.74, 6) is 0. The van der Waals surface area contributed by atoms with Crippen molar-refractivity contribution in [2.75, 3.05) is 0 Å². The van der Waals surface area contributed by atoms with Crippen LogP contribution in [0.25, 0.3) is 71.9 Å². The van der Waals surface area contributed by atoms with Crippen LogP contribution in [0.3, 0.4) is 0 Å². The lowest BCUT2D eigenvalue weighted by molar-refractivity contribution is 0.748. The average Bonchev–Trinajstić information content (AvgIpc) is 3.65. The minimum absolute atomic E-state index is 0.442. The second-order valence-electron chi connectivity index (χ2n) is 13.1. The van der Waals surface area contributed by atoms with Crippen molar-refractivity contribution in [3.05, 3.63) is 192 Å². The maximum absolute atomic E-state index is 5.33. The second kappa shape index (κ2) is 9.40. The quantitative estimate of drug-likeness (QED) is 0.191. The average molecular weight is 609 g/mol. The summed E-state index contributed by atoms with van der Waals surface area (Å²) in [6.45, 7) is 0. The molecule has 0 N–H and O–H groups in total. The van der Waals surface area contributed by atoms with Crippen LogP contribution < -0.4 is 0 Å². The third-order valence-corrected chi connectivity index (χ3v) is 10.8. The number of pyridine rings is 1. The van der Waals surface area contributed by atoms with Gasteiger partial charge < -0.3 is 4.57 Å². The normalized spacial score (nSPS) is 15.6. The van der Waals surface area contributed by atoms with Gasteiger partial charge >= 0.3 is 0 Å². The van der Waals surface area contributed by atoms with Crippen LogP contribution >= 0.6 is 0 Å². The molecular formula is C46H28N2. The van der Waals surface area contributed by atoms with Gasteiger partial charge in [-0.2, -0.15) is 0 Å². The van der Waals surface area contributed by atoms with Crippen LogP contribution in [0.1, 0.15) is 22.3 Å². The highest BCUT2D eigenvalue weighted by atomic mass is 15.0. The Labute approximate surface area is 278 Å². The number of fused-ring (bicyclic) bond motifs is 13. The van der Waals surface area contributed by atoms with Gasteiger partial charge in [-0.15, -0.1) is 0 Å². The third-order valence-electron chi connectivity index (χ3n) is 10.8. The highest BCUT2D eigenvalue weighted by Crippen LogP contribution is 2.61. The molecule has 48 heavy (non-hydrogen) atoms. The Morgan fingerprint density at radius 3 is 2.08 bits per heavy atom. The van der Waals surface area contributed by atoms with Crippen LogP contribution in [0.5, 0.6) is 0 Å². The Hall–Kier alpha value is -6.25. The lowest BCUT2D eigenvalue weighted by Crippen LogP contribution is -2.33. The maximum atomic E-state index is 5.33. The molecule has 3 heterocycles. The zero-order valence-electron chi connectivity index (χ0n) is 26.1. The first kappa shape index (κ1) is 25.9. The molecule has 0 saturated heterocycles. The van der Waals surface area contributed by atoms with Crippen LogP contribution in [0, 0.1) is 0 Å². The highest BCUT2D eigenvalue weighted by molar-refractivity contribution is 6.13. The summed E-state index contributed by atoms with van der Waals surface area (Å²) < 4.78 is 2.50. The van der Waals surface area contributed by atoms with Crippen molar-refractivity contribution < 1.29 is 0 Å². The number of benzene rings is 7. The van der Waals surface area contributed by atoms with Crippen molar-refractivity contribution in [2.24, 2.45) is 0 Å². The molecule has 222 valence electrons. The Bertz CT molecular complexity index is 2790. The van der Waals surface area contributed by atoms with Crippen LogP contribution in [0.2, 0.25) is 0 Å². The number of hydrogen-bond acceptors (Lipinski definition) is 1. The van der Waals surface area contributed by atoms with Crippen molar-refractivity contribution in [2.45, 2.75) is 5.41 Å². The third kappa shape index (κ3) is 3.19. The maximum Gasteiger partial charge on any atom is 0.0787 e. The number of nitrogens with zero attached hydrogens (tertiary/aromatic N) is 2. The van der Waals surface area contributed by atoms with Gasteiger partial charge in [-0.25, -0.2) is 4.98 Å². The molecule has 0 radical (unpaired) electrons. The van der Waals surface area contributed by atoms with Crippen LogP contribution in [-0.4, -0.2) is 9.55 Å². The summed E-state index contributed by atoms with van der Waals surface area (Å²) in [5, 5.41) is 3.74. The first-order chi connectivity index (χ1) is 23.8. The van der Waals surface area contributed by atoms with Gasteiger partial charge in [-0.1, -0.05) is 146 Å². The molecular weight excluding hydrogens is 581 g/mol. The molecule has 1 unspecified atom stereocenters. The topological polar surface area (TPSA) is 17.8 Å². The molecule has 2 aliphatic rings. The lowest BCUT2D eigenvalue weighted by atomic mass is 9.65. The fourth-order valence-corrected chi connectivity index (χ4v) is 8.88. The van der Waals surface area contributed by atoms with Crippen LogP contribution in [0.15, 0.2) is 170 Å². The van der Waals surface area contributed by atoms with Gasteiger partial charge in [-0.05, 0) is 63.2 Å². The fourth-order valence-electron chi connectivity index (χ4n) is 8.88. The van der Waals surface area contributed by atoms with Gasteiger partial charge in [0.05, 0.1) is 33.3 Å². The monoisotopic (exact) mass is 608 g/mol. The first-order valence-corrected chi connectivity index (χ1v) is 16.6. The number of rotatable bonds is 2. The minimum Gasteiger partial charge on any atom is -0.309 e. The smallest absolute Gasteiger partial charge is 0.0787 e. The van der Waals surface area contributed by atoms with E-state index in [4.69, 9.17) is 4.98 Å². The Kier molecular flexibility index (Phi) is 5.07. The number of aromatic nitrogens is 2. The molecule has 0 bridgehead atoms. The van der Waals surface area contributed by atoms with Gasteiger partial charge in [0.25, 0.3) is 0 Å². The number of hydrogen-bond donors (Lipinski definition) is 0. The number of para-hydroxylation sites is 4. The van der Waals surface area contributed by atoms with E-state index in [1.807, 2.05) is 0 Å². The van der Waals surface area contributed by atoms with Crippen molar-refractivity contribution in [1.29, 1.82) is 0 Å². The van der Waals surface area contributed by atoms with Gasteiger partial charge in [0.1, 0.15) is 0 Å². The van der Waals surface area contributed by atoms with Gasteiger partial charge in [0.15, 0.2) is 0 Å². The molecule has 11 rings (SSSR count). The molecule has 0 fully saturated rings.